The zero-order valence-electron chi connectivity index (χ0n) is 11.4. The van der Waals surface area contributed by atoms with Gasteiger partial charge in [-0.1, -0.05) is 12.0 Å². The van der Waals surface area contributed by atoms with Crippen molar-refractivity contribution < 1.29 is 9.13 Å². The van der Waals surface area contributed by atoms with Gasteiger partial charge in [-0.15, -0.1) is 6.42 Å². The smallest absolute Gasteiger partial charge is 0.264 e. The van der Waals surface area contributed by atoms with E-state index in [0.29, 0.717) is 21.6 Å². The van der Waals surface area contributed by atoms with Gasteiger partial charge in [-0.25, -0.2) is 4.39 Å². The first-order chi connectivity index (χ1) is 10.1. The standard InChI is InChI=1S/C16H13FINO2/c1-3-10-21-14-7-5-6-11(17)15(14)13-9-8-12(18)16(20)19(13)4-2/h1,5-9H,4,10H2,2H3. The second-order valence-corrected chi connectivity index (χ2v) is 5.38. The SMILES string of the molecule is C#CCOc1cccc(F)c1-c1ccc(I)c(=O)n1CC. The van der Waals surface area contributed by atoms with Gasteiger partial charge < -0.3 is 9.30 Å². The molecule has 3 nitrogen and oxygen atoms in total. The molecule has 0 unspecified atom stereocenters. The number of aromatic nitrogens is 1. The zero-order chi connectivity index (χ0) is 15.4. The van der Waals surface area contributed by atoms with Gasteiger partial charge in [0.15, 0.2) is 0 Å². The molecule has 5 heteroatoms. The van der Waals surface area contributed by atoms with Crippen LogP contribution < -0.4 is 10.3 Å². The van der Waals surface area contributed by atoms with E-state index in [1.165, 1.54) is 10.6 Å². The van der Waals surface area contributed by atoms with Gasteiger partial charge in [0, 0.05) is 6.54 Å². The van der Waals surface area contributed by atoms with Crippen molar-refractivity contribution in [1.82, 2.24) is 4.57 Å². The quantitative estimate of drug-likeness (QED) is 0.586. The summed E-state index contributed by atoms with van der Waals surface area (Å²) in [5.41, 5.74) is 0.581. The Bertz CT molecular complexity index is 762. The van der Waals surface area contributed by atoms with Gasteiger partial charge in [0.1, 0.15) is 18.2 Å². The fraction of sp³-hybridized carbons (Fsp3) is 0.188. The van der Waals surface area contributed by atoms with Crippen LogP contribution in [-0.4, -0.2) is 11.2 Å². The minimum atomic E-state index is -0.452. The normalized spacial score (nSPS) is 10.2. The largest absolute Gasteiger partial charge is 0.480 e. The maximum atomic E-state index is 14.3. The molecule has 108 valence electrons. The summed E-state index contributed by atoms with van der Waals surface area (Å²) in [6.07, 6.45) is 5.18. The Morgan fingerprint density at radius 2 is 2.14 bits per heavy atom. The molecule has 2 rings (SSSR count). The Balaban J connectivity index is 2.70. The Morgan fingerprint density at radius 1 is 1.38 bits per heavy atom. The molecule has 21 heavy (non-hydrogen) atoms. The monoisotopic (exact) mass is 397 g/mol. The highest BCUT2D eigenvalue weighted by Crippen LogP contribution is 2.32. The number of rotatable bonds is 4. The number of ether oxygens (including phenoxy) is 1. The summed E-state index contributed by atoms with van der Waals surface area (Å²) in [6, 6.07) is 7.90. The molecule has 1 heterocycles. The lowest BCUT2D eigenvalue weighted by atomic mass is 10.1. The van der Waals surface area contributed by atoms with Crippen LogP contribution >= 0.6 is 22.6 Å². The third-order valence-corrected chi connectivity index (χ3v) is 3.81. The van der Waals surface area contributed by atoms with E-state index in [4.69, 9.17) is 11.2 Å². The molecule has 0 N–H and O–H groups in total. The van der Waals surface area contributed by atoms with Crippen LogP contribution in [0, 0.1) is 21.7 Å². The van der Waals surface area contributed by atoms with E-state index in [9.17, 15) is 9.18 Å². The van der Waals surface area contributed by atoms with Crippen molar-refractivity contribution in [3.63, 3.8) is 0 Å². The van der Waals surface area contributed by atoms with Crippen LogP contribution in [0.4, 0.5) is 4.39 Å². The van der Waals surface area contributed by atoms with Crippen molar-refractivity contribution in [3.05, 3.63) is 50.1 Å². The predicted octanol–water partition coefficient (Wildman–Crippen LogP) is 3.29. The summed E-state index contributed by atoms with van der Waals surface area (Å²) in [6.45, 7) is 2.31. The zero-order valence-corrected chi connectivity index (χ0v) is 13.6. The van der Waals surface area contributed by atoms with Crippen LogP contribution in [0.3, 0.4) is 0 Å². The first kappa shape index (κ1) is 15.6. The molecule has 2 aromatic rings. The molecular weight excluding hydrogens is 384 g/mol. The molecule has 0 amide bonds. The van der Waals surface area contributed by atoms with Gasteiger partial charge in [-0.2, -0.15) is 0 Å². The second kappa shape index (κ2) is 6.76. The van der Waals surface area contributed by atoms with Gasteiger partial charge in [-0.05, 0) is 53.8 Å². The molecule has 1 aromatic carbocycles. The summed E-state index contributed by atoms with van der Waals surface area (Å²) in [4.78, 5) is 12.2. The Labute approximate surface area is 135 Å². The molecule has 0 aliphatic heterocycles. The highest BCUT2D eigenvalue weighted by atomic mass is 127. The third-order valence-electron chi connectivity index (χ3n) is 2.99. The van der Waals surface area contributed by atoms with Gasteiger partial charge in [-0.3, -0.25) is 4.79 Å². The first-order valence-electron chi connectivity index (χ1n) is 6.34. The summed E-state index contributed by atoms with van der Waals surface area (Å²) in [5, 5.41) is 0. The van der Waals surface area contributed by atoms with E-state index >= 15 is 0 Å². The molecule has 0 fully saturated rings. The van der Waals surface area contributed by atoms with Crippen LogP contribution in [0.2, 0.25) is 0 Å². The number of hydrogen-bond donors (Lipinski definition) is 0. The van der Waals surface area contributed by atoms with Crippen LogP contribution in [-0.2, 0) is 6.54 Å². The highest BCUT2D eigenvalue weighted by molar-refractivity contribution is 14.1. The minimum Gasteiger partial charge on any atom is -0.480 e. The lowest BCUT2D eigenvalue weighted by Crippen LogP contribution is -2.23. The molecule has 0 aliphatic carbocycles. The Kier molecular flexibility index (Phi) is 5.02. The minimum absolute atomic E-state index is 0.0389. The van der Waals surface area contributed by atoms with E-state index in [1.54, 1.807) is 24.3 Å². The van der Waals surface area contributed by atoms with E-state index in [1.807, 2.05) is 29.5 Å². The molecule has 0 bridgehead atoms. The molecule has 0 saturated heterocycles. The van der Waals surface area contributed by atoms with E-state index in [-0.39, 0.29) is 17.7 Å². The average Bonchev–Trinajstić information content (AvgIpc) is 2.48. The molecule has 0 aliphatic rings. The molecule has 0 atom stereocenters. The maximum Gasteiger partial charge on any atom is 0.264 e. The van der Waals surface area contributed by atoms with Crippen molar-refractivity contribution in [1.29, 1.82) is 0 Å². The first-order valence-corrected chi connectivity index (χ1v) is 7.42. The fourth-order valence-electron chi connectivity index (χ4n) is 2.08. The van der Waals surface area contributed by atoms with Crippen molar-refractivity contribution in [2.75, 3.05) is 6.61 Å². The van der Waals surface area contributed by atoms with Crippen LogP contribution in [0.15, 0.2) is 35.1 Å². The lowest BCUT2D eigenvalue weighted by Gasteiger charge is -2.15. The summed E-state index contributed by atoms with van der Waals surface area (Å²) in [5.74, 6) is 2.23. The Morgan fingerprint density at radius 3 is 2.81 bits per heavy atom. The summed E-state index contributed by atoms with van der Waals surface area (Å²) < 4.78 is 21.8. The van der Waals surface area contributed by atoms with E-state index in [0.717, 1.165) is 0 Å². The van der Waals surface area contributed by atoms with Crippen molar-refractivity contribution in [3.8, 4) is 29.4 Å². The van der Waals surface area contributed by atoms with Crippen LogP contribution in [0.25, 0.3) is 11.3 Å². The summed E-state index contributed by atoms with van der Waals surface area (Å²) >= 11 is 1.96. The summed E-state index contributed by atoms with van der Waals surface area (Å²) in [7, 11) is 0. The number of benzene rings is 1. The molecule has 0 spiro atoms. The van der Waals surface area contributed by atoms with Gasteiger partial charge in [0.05, 0.1) is 14.8 Å². The van der Waals surface area contributed by atoms with Gasteiger partial charge >= 0.3 is 0 Å². The number of hydrogen-bond acceptors (Lipinski definition) is 2. The van der Waals surface area contributed by atoms with Crippen molar-refractivity contribution in [2.45, 2.75) is 13.5 Å². The van der Waals surface area contributed by atoms with E-state index < -0.39 is 5.82 Å². The van der Waals surface area contributed by atoms with Crippen molar-refractivity contribution >= 4 is 22.6 Å². The number of pyridine rings is 1. The third kappa shape index (κ3) is 3.10. The Hall–Kier alpha value is -1.81. The molecule has 0 saturated carbocycles. The maximum absolute atomic E-state index is 14.3. The fourth-order valence-corrected chi connectivity index (χ4v) is 2.55. The second-order valence-electron chi connectivity index (χ2n) is 4.22. The van der Waals surface area contributed by atoms with Crippen LogP contribution in [0.5, 0.6) is 5.75 Å². The van der Waals surface area contributed by atoms with Crippen molar-refractivity contribution in [2.24, 2.45) is 0 Å². The topological polar surface area (TPSA) is 31.2 Å². The number of nitrogens with zero attached hydrogens (tertiary/aromatic N) is 1. The van der Waals surface area contributed by atoms with Gasteiger partial charge in [0.2, 0.25) is 0 Å². The lowest BCUT2D eigenvalue weighted by molar-refractivity contribution is 0.369. The predicted molar refractivity (Wildman–Crippen MR) is 88.8 cm³/mol. The molecule has 1 aromatic heterocycles. The van der Waals surface area contributed by atoms with E-state index in [2.05, 4.69) is 5.92 Å². The van der Waals surface area contributed by atoms with Crippen LogP contribution in [0.1, 0.15) is 6.92 Å². The highest BCUT2D eigenvalue weighted by Gasteiger charge is 2.16. The molecule has 0 radical (unpaired) electrons. The number of halogens is 2. The average molecular weight is 397 g/mol. The molecular formula is C16H13FINO2. The number of terminal acetylenes is 1. The van der Waals surface area contributed by atoms with Gasteiger partial charge in [0.25, 0.3) is 5.56 Å².